The van der Waals surface area contributed by atoms with E-state index in [4.69, 9.17) is 0 Å². The molecule has 0 amide bonds. The van der Waals surface area contributed by atoms with Gasteiger partial charge in [-0.2, -0.15) is 0 Å². The first-order valence-electron chi connectivity index (χ1n) is 25.4. The summed E-state index contributed by atoms with van der Waals surface area (Å²) in [7, 11) is 0. The zero-order valence-corrected chi connectivity index (χ0v) is 40.2. The SMILES string of the molecule is c1ccc(-c2ccc(N(c3ccc(-c4ccc5c(c4)C4(c6ccccc6-5)c5ccccc5C(c5ccccc5)(c5ccccc5)c5ccccc54)cc3)c3ccc(-c4ccc5ccccc5c4)cc3)cc2)cc1. The van der Waals surface area contributed by atoms with Crippen LogP contribution in [0.1, 0.15) is 44.5 Å². The van der Waals surface area contributed by atoms with Crippen molar-refractivity contribution in [1.82, 2.24) is 0 Å². The number of hydrogen-bond acceptors (Lipinski definition) is 1. The highest BCUT2D eigenvalue weighted by molar-refractivity contribution is 5.92. The Balaban J connectivity index is 0.904. The molecule has 0 saturated heterocycles. The van der Waals surface area contributed by atoms with Crippen molar-refractivity contribution in [2.75, 3.05) is 4.90 Å². The maximum atomic E-state index is 2.50. The minimum Gasteiger partial charge on any atom is -0.311 e. The average Bonchev–Trinajstić information content (AvgIpc) is 3.78. The fraction of sp³-hybridized carbons (Fsp3) is 0.0278. The zero-order chi connectivity index (χ0) is 48.3. The highest BCUT2D eigenvalue weighted by Crippen LogP contribution is 2.64. The van der Waals surface area contributed by atoms with E-state index in [-0.39, 0.29) is 0 Å². The van der Waals surface area contributed by atoms with Crippen molar-refractivity contribution in [3.8, 4) is 44.5 Å². The number of fused-ring (bicyclic) bond motifs is 10. The van der Waals surface area contributed by atoms with E-state index in [0.29, 0.717) is 0 Å². The molecule has 0 saturated carbocycles. The summed E-state index contributed by atoms with van der Waals surface area (Å²) in [6, 6.07) is 110. The van der Waals surface area contributed by atoms with Crippen LogP contribution in [0.2, 0.25) is 0 Å². The van der Waals surface area contributed by atoms with E-state index in [1.165, 1.54) is 99.8 Å². The Morgan fingerprint density at radius 3 is 1.10 bits per heavy atom. The van der Waals surface area contributed by atoms with Gasteiger partial charge in [-0.3, -0.25) is 0 Å². The van der Waals surface area contributed by atoms with Crippen molar-refractivity contribution >= 4 is 27.8 Å². The summed E-state index contributed by atoms with van der Waals surface area (Å²) >= 11 is 0. The van der Waals surface area contributed by atoms with E-state index in [1.807, 2.05) is 0 Å². The predicted molar refractivity (Wildman–Crippen MR) is 304 cm³/mol. The molecule has 12 aromatic rings. The second-order valence-electron chi connectivity index (χ2n) is 19.5. The molecule has 0 fully saturated rings. The summed E-state index contributed by atoms with van der Waals surface area (Å²) in [6.07, 6.45) is 0. The van der Waals surface area contributed by atoms with Gasteiger partial charge >= 0.3 is 0 Å². The van der Waals surface area contributed by atoms with Gasteiger partial charge in [-0.15, -0.1) is 0 Å². The van der Waals surface area contributed by atoms with Crippen LogP contribution in [0.5, 0.6) is 0 Å². The van der Waals surface area contributed by atoms with Crippen LogP contribution < -0.4 is 4.90 Å². The summed E-state index contributed by atoms with van der Waals surface area (Å²) in [5.41, 5.74) is 22.3. The summed E-state index contributed by atoms with van der Waals surface area (Å²) in [6.45, 7) is 0. The lowest BCUT2D eigenvalue weighted by Gasteiger charge is -2.50. The summed E-state index contributed by atoms with van der Waals surface area (Å²) in [5.74, 6) is 0. The molecule has 0 radical (unpaired) electrons. The van der Waals surface area contributed by atoms with Crippen LogP contribution >= 0.6 is 0 Å². The first-order chi connectivity index (χ1) is 36.2. The van der Waals surface area contributed by atoms with Crippen LogP contribution in [-0.2, 0) is 10.8 Å². The van der Waals surface area contributed by atoms with Crippen molar-refractivity contribution in [2.45, 2.75) is 10.8 Å². The Bertz CT molecular complexity index is 3900. The van der Waals surface area contributed by atoms with E-state index < -0.39 is 10.8 Å². The van der Waals surface area contributed by atoms with Crippen molar-refractivity contribution in [3.63, 3.8) is 0 Å². The molecule has 12 aromatic carbocycles. The number of anilines is 3. The molecule has 1 nitrogen and oxygen atoms in total. The fourth-order valence-electron chi connectivity index (χ4n) is 12.6. The lowest BCUT2D eigenvalue weighted by atomic mass is 9.51. The van der Waals surface area contributed by atoms with Crippen molar-refractivity contribution in [3.05, 3.63) is 342 Å². The first kappa shape index (κ1) is 42.6. The van der Waals surface area contributed by atoms with Gasteiger partial charge in [0.25, 0.3) is 0 Å². The molecule has 0 bridgehead atoms. The van der Waals surface area contributed by atoms with Crippen molar-refractivity contribution in [1.29, 1.82) is 0 Å². The van der Waals surface area contributed by atoms with Crippen molar-refractivity contribution < 1.29 is 0 Å². The monoisotopic (exact) mass is 927 g/mol. The standard InChI is InChI=1S/C72H49N/c1-4-18-50(19-5-1)52-34-41-60(42-35-52)73(61-43-36-53(37-44-61)56-33-32-51-20-10-11-21-55(51)48-56)62-45-38-54(39-46-62)57-40-47-64-63-26-12-13-27-65(63)72(70(64)49-57)68-30-16-14-28-66(68)71(58-22-6-2-7-23-58,59-24-8-3-9-25-59)67-29-15-17-31-69(67)72/h1-49H. The molecule has 2 aliphatic rings. The minimum atomic E-state index is -0.566. The smallest absolute Gasteiger partial charge is 0.0720 e. The average molecular weight is 928 g/mol. The van der Waals surface area contributed by atoms with E-state index >= 15 is 0 Å². The summed E-state index contributed by atoms with van der Waals surface area (Å²) in [4.78, 5) is 2.37. The van der Waals surface area contributed by atoms with Crippen LogP contribution in [0.15, 0.2) is 297 Å². The van der Waals surface area contributed by atoms with E-state index in [1.54, 1.807) is 0 Å². The second-order valence-corrected chi connectivity index (χ2v) is 19.5. The molecule has 0 heterocycles. The molecule has 0 aromatic heterocycles. The molecule has 0 atom stereocenters. The molecule has 0 unspecified atom stereocenters. The predicted octanol–water partition coefficient (Wildman–Crippen LogP) is 18.4. The summed E-state index contributed by atoms with van der Waals surface area (Å²) < 4.78 is 0. The van der Waals surface area contributed by atoms with E-state index in [0.717, 1.165) is 17.1 Å². The molecule has 73 heavy (non-hydrogen) atoms. The summed E-state index contributed by atoms with van der Waals surface area (Å²) in [5, 5.41) is 2.49. The van der Waals surface area contributed by atoms with Gasteiger partial charge in [-0.1, -0.05) is 249 Å². The molecular formula is C72H49N. The Morgan fingerprint density at radius 2 is 0.562 bits per heavy atom. The highest BCUT2D eigenvalue weighted by atomic mass is 15.1. The van der Waals surface area contributed by atoms with Gasteiger partial charge in [0, 0.05) is 17.1 Å². The number of rotatable bonds is 8. The maximum Gasteiger partial charge on any atom is 0.0720 e. The third-order valence-corrected chi connectivity index (χ3v) is 15.8. The molecule has 14 rings (SSSR count). The van der Waals surface area contributed by atoms with Crippen LogP contribution in [0.4, 0.5) is 17.1 Å². The first-order valence-corrected chi connectivity index (χ1v) is 25.4. The van der Waals surface area contributed by atoms with Gasteiger partial charge in [0.05, 0.1) is 10.8 Å². The highest BCUT2D eigenvalue weighted by Gasteiger charge is 2.56. The zero-order valence-electron chi connectivity index (χ0n) is 40.2. The van der Waals surface area contributed by atoms with Crippen LogP contribution in [0.25, 0.3) is 55.3 Å². The maximum absolute atomic E-state index is 2.50. The topological polar surface area (TPSA) is 3.24 Å². The largest absolute Gasteiger partial charge is 0.311 e. The number of benzene rings is 12. The van der Waals surface area contributed by atoms with Gasteiger partial charge in [-0.25, -0.2) is 0 Å². The van der Waals surface area contributed by atoms with Gasteiger partial charge in [0.15, 0.2) is 0 Å². The van der Waals surface area contributed by atoms with Crippen molar-refractivity contribution in [2.24, 2.45) is 0 Å². The molecule has 342 valence electrons. The molecule has 1 spiro atoms. The van der Waals surface area contributed by atoms with Gasteiger partial charge < -0.3 is 4.90 Å². The lowest BCUT2D eigenvalue weighted by molar-refractivity contribution is 0.624. The minimum absolute atomic E-state index is 0.545. The van der Waals surface area contributed by atoms with Gasteiger partial charge in [0.1, 0.15) is 0 Å². The van der Waals surface area contributed by atoms with Crippen LogP contribution in [0.3, 0.4) is 0 Å². The van der Waals surface area contributed by atoms with Crippen LogP contribution in [-0.4, -0.2) is 0 Å². The fourth-order valence-corrected chi connectivity index (χ4v) is 12.6. The molecule has 1 heteroatoms. The number of nitrogens with zero attached hydrogens (tertiary/aromatic N) is 1. The number of hydrogen-bond donors (Lipinski definition) is 0. The molecule has 2 aliphatic carbocycles. The normalized spacial score (nSPS) is 13.4. The lowest BCUT2D eigenvalue weighted by Crippen LogP contribution is -2.44. The Labute approximate surface area is 427 Å². The Kier molecular flexibility index (Phi) is 10.0. The Hall–Kier alpha value is -9.30. The molecule has 0 N–H and O–H groups in total. The Morgan fingerprint density at radius 1 is 0.205 bits per heavy atom. The van der Waals surface area contributed by atoms with E-state index in [2.05, 4.69) is 302 Å². The van der Waals surface area contributed by atoms with E-state index in [9.17, 15) is 0 Å². The quantitative estimate of drug-likeness (QED) is 0.147. The third kappa shape index (κ3) is 6.63. The van der Waals surface area contributed by atoms with Gasteiger partial charge in [-0.05, 0) is 148 Å². The molecule has 0 aliphatic heterocycles. The second kappa shape index (κ2) is 17.2. The van der Waals surface area contributed by atoms with Crippen LogP contribution in [0, 0.1) is 0 Å². The van der Waals surface area contributed by atoms with Gasteiger partial charge in [0.2, 0.25) is 0 Å². The third-order valence-electron chi connectivity index (χ3n) is 15.8. The molecular weight excluding hydrogens is 879 g/mol.